The van der Waals surface area contributed by atoms with Gasteiger partial charge in [0.25, 0.3) is 0 Å². The number of fused-ring (bicyclic) bond motifs is 2. The molecule has 2 aromatic carbocycles. The van der Waals surface area contributed by atoms with E-state index in [-0.39, 0.29) is 29.1 Å². The minimum Gasteiger partial charge on any atom is -0.496 e. The number of piperidine rings is 1. The molecule has 2 fully saturated rings. The van der Waals surface area contributed by atoms with E-state index in [4.69, 9.17) is 4.74 Å². The molecule has 0 unspecified atom stereocenters. The molecule has 0 bridgehead atoms. The standard InChI is InChI=1S/C28H27N3O5S2/c1-36-19-13-7-6-12-18(19)21-22-23(26(34)31(25(22)33)17-10-4-2-5-11-17)37-27-24(21)38-28(35)30(27)16-20(32)29-14-8-3-9-15-29/h2,4-7,10-13,21-23H,3,8-9,14-16H2,1H3/t21-,22-,23+/m0/s1. The number of rotatable bonds is 5. The molecule has 0 N–H and O–H groups in total. The van der Waals surface area contributed by atoms with Gasteiger partial charge in [0.15, 0.2) is 0 Å². The topological polar surface area (TPSA) is 88.9 Å². The van der Waals surface area contributed by atoms with E-state index in [1.165, 1.54) is 21.2 Å². The smallest absolute Gasteiger partial charge is 0.308 e. The van der Waals surface area contributed by atoms with Crippen LogP contribution in [-0.4, -0.2) is 52.6 Å². The minimum absolute atomic E-state index is 0.0712. The summed E-state index contributed by atoms with van der Waals surface area (Å²) < 4.78 is 7.16. The Bertz CT molecular complexity index is 1460. The van der Waals surface area contributed by atoms with Crippen LogP contribution in [-0.2, 0) is 20.9 Å². The lowest BCUT2D eigenvalue weighted by molar-refractivity contribution is -0.133. The maximum absolute atomic E-state index is 13.9. The molecule has 2 saturated heterocycles. The fourth-order valence-corrected chi connectivity index (χ4v) is 8.49. The molecule has 0 aliphatic carbocycles. The third kappa shape index (κ3) is 4.06. The van der Waals surface area contributed by atoms with Gasteiger partial charge in [-0.3, -0.25) is 23.7 Å². The summed E-state index contributed by atoms with van der Waals surface area (Å²) in [5, 5.41) is -0.131. The van der Waals surface area contributed by atoms with Gasteiger partial charge >= 0.3 is 4.87 Å². The summed E-state index contributed by atoms with van der Waals surface area (Å²) in [5.74, 6) is -1.37. The second-order valence-corrected chi connectivity index (χ2v) is 11.8. The number of benzene rings is 2. The predicted molar refractivity (Wildman–Crippen MR) is 146 cm³/mol. The van der Waals surface area contributed by atoms with Crippen LogP contribution < -0.4 is 14.5 Å². The highest BCUT2D eigenvalue weighted by molar-refractivity contribution is 8.00. The number of methoxy groups -OCH3 is 1. The fraction of sp³-hybridized carbons (Fsp3) is 0.357. The molecular weight excluding hydrogens is 522 g/mol. The summed E-state index contributed by atoms with van der Waals surface area (Å²) in [4.78, 5) is 57.7. The fourth-order valence-electron chi connectivity index (χ4n) is 5.72. The molecular formula is C28H27N3O5S2. The molecule has 6 rings (SSSR count). The number of hydrogen-bond donors (Lipinski definition) is 0. The highest BCUT2D eigenvalue weighted by atomic mass is 32.2. The van der Waals surface area contributed by atoms with Crippen molar-refractivity contribution < 1.29 is 19.1 Å². The Balaban J connectivity index is 1.46. The van der Waals surface area contributed by atoms with Gasteiger partial charge in [-0.25, -0.2) is 4.90 Å². The van der Waals surface area contributed by atoms with Crippen LogP contribution >= 0.6 is 23.1 Å². The molecule has 0 spiro atoms. The molecule has 0 radical (unpaired) electrons. The molecule has 8 nitrogen and oxygen atoms in total. The Hall–Kier alpha value is -3.37. The summed E-state index contributed by atoms with van der Waals surface area (Å²) in [6.07, 6.45) is 3.02. The Morgan fingerprint density at radius 3 is 2.39 bits per heavy atom. The lowest BCUT2D eigenvalue weighted by atomic mass is 9.82. The van der Waals surface area contributed by atoms with E-state index in [0.29, 0.717) is 34.4 Å². The van der Waals surface area contributed by atoms with E-state index >= 15 is 0 Å². The van der Waals surface area contributed by atoms with Gasteiger partial charge in [-0.2, -0.15) is 0 Å². The third-order valence-corrected chi connectivity index (χ3v) is 10.1. The highest BCUT2D eigenvalue weighted by Crippen LogP contribution is 2.55. The van der Waals surface area contributed by atoms with Gasteiger partial charge in [0.1, 0.15) is 17.5 Å². The van der Waals surface area contributed by atoms with Crippen molar-refractivity contribution in [1.29, 1.82) is 0 Å². The average Bonchev–Trinajstić information content (AvgIpc) is 3.40. The number of carbonyl (C=O) groups excluding carboxylic acids is 3. The Morgan fingerprint density at radius 2 is 1.66 bits per heavy atom. The van der Waals surface area contributed by atoms with Crippen molar-refractivity contribution in [2.75, 3.05) is 25.1 Å². The number of nitrogens with zero attached hydrogens (tertiary/aromatic N) is 3. The van der Waals surface area contributed by atoms with Gasteiger partial charge in [-0.1, -0.05) is 59.5 Å². The van der Waals surface area contributed by atoms with Gasteiger partial charge in [-0.05, 0) is 37.5 Å². The van der Waals surface area contributed by atoms with E-state index in [2.05, 4.69) is 0 Å². The van der Waals surface area contributed by atoms with Crippen molar-refractivity contribution in [3.05, 3.63) is 74.7 Å². The number of aromatic nitrogens is 1. The summed E-state index contributed by atoms with van der Waals surface area (Å²) in [6, 6.07) is 16.3. The number of para-hydroxylation sites is 2. The van der Waals surface area contributed by atoms with Crippen molar-refractivity contribution in [2.45, 2.75) is 42.0 Å². The zero-order valence-electron chi connectivity index (χ0n) is 20.9. The molecule has 196 valence electrons. The number of hydrogen-bond acceptors (Lipinski definition) is 7. The highest BCUT2D eigenvalue weighted by Gasteiger charge is 2.57. The van der Waals surface area contributed by atoms with E-state index in [1.54, 1.807) is 31.4 Å². The van der Waals surface area contributed by atoms with Gasteiger partial charge < -0.3 is 9.64 Å². The van der Waals surface area contributed by atoms with Crippen LogP contribution in [0, 0.1) is 5.92 Å². The quantitative estimate of drug-likeness (QED) is 0.451. The van der Waals surface area contributed by atoms with Crippen LogP contribution in [0.25, 0.3) is 0 Å². The van der Waals surface area contributed by atoms with Crippen LogP contribution in [0.4, 0.5) is 5.69 Å². The normalized spacial score (nSPS) is 22.8. The first-order valence-corrected chi connectivity index (χ1v) is 14.4. The zero-order chi connectivity index (χ0) is 26.4. The van der Waals surface area contributed by atoms with Gasteiger partial charge in [0, 0.05) is 29.4 Å². The maximum Gasteiger partial charge on any atom is 0.308 e. The van der Waals surface area contributed by atoms with Crippen LogP contribution in [0.15, 0.2) is 64.4 Å². The lowest BCUT2D eigenvalue weighted by Gasteiger charge is -2.32. The van der Waals surface area contributed by atoms with Crippen LogP contribution in [0.5, 0.6) is 5.75 Å². The van der Waals surface area contributed by atoms with E-state index < -0.39 is 17.1 Å². The van der Waals surface area contributed by atoms with Gasteiger partial charge in [0.2, 0.25) is 17.7 Å². The maximum atomic E-state index is 13.9. The minimum atomic E-state index is -0.726. The van der Waals surface area contributed by atoms with Crippen molar-refractivity contribution in [2.24, 2.45) is 5.92 Å². The molecule has 1 aromatic heterocycles. The number of imide groups is 1. The molecule has 3 aliphatic rings. The number of thiazole rings is 1. The largest absolute Gasteiger partial charge is 0.496 e. The van der Waals surface area contributed by atoms with Gasteiger partial charge in [0.05, 0.1) is 23.7 Å². The molecule has 0 saturated carbocycles. The zero-order valence-corrected chi connectivity index (χ0v) is 22.5. The average molecular weight is 550 g/mol. The Morgan fingerprint density at radius 1 is 0.947 bits per heavy atom. The van der Waals surface area contributed by atoms with Crippen molar-refractivity contribution >= 4 is 46.5 Å². The van der Waals surface area contributed by atoms with Crippen LogP contribution in [0.2, 0.25) is 0 Å². The summed E-state index contributed by atoms with van der Waals surface area (Å²) in [6.45, 7) is 1.32. The third-order valence-electron chi connectivity index (χ3n) is 7.54. The second kappa shape index (κ2) is 10.1. The van der Waals surface area contributed by atoms with E-state index in [9.17, 15) is 19.2 Å². The predicted octanol–water partition coefficient (Wildman–Crippen LogP) is 3.73. The number of amides is 3. The Labute approximate surface area is 228 Å². The molecule has 10 heteroatoms. The molecule has 3 aromatic rings. The lowest BCUT2D eigenvalue weighted by Crippen LogP contribution is -2.39. The van der Waals surface area contributed by atoms with Crippen LogP contribution in [0.3, 0.4) is 0 Å². The number of likely N-dealkylation sites (tertiary alicyclic amines) is 1. The summed E-state index contributed by atoms with van der Waals surface area (Å²) in [5.41, 5.74) is 1.27. The summed E-state index contributed by atoms with van der Waals surface area (Å²) >= 11 is 2.29. The number of anilines is 1. The Kier molecular flexibility index (Phi) is 6.61. The summed E-state index contributed by atoms with van der Waals surface area (Å²) in [7, 11) is 1.57. The SMILES string of the molecule is COc1ccccc1[C@@H]1c2sc(=O)n(CC(=O)N3CCCCC3)c2S[C@H]2C(=O)N(c3ccccc3)C(=O)[C@@H]12. The second-order valence-electron chi connectivity index (χ2n) is 9.70. The number of ether oxygens (including phenoxy) is 1. The van der Waals surface area contributed by atoms with Crippen molar-refractivity contribution in [1.82, 2.24) is 9.47 Å². The molecule has 4 heterocycles. The first-order valence-electron chi connectivity index (χ1n) is 12.7. The van der Waals surface area contributed by atoms with Crippen molar-refractivity contribution in [3.63, 3.8) is 0 Å². The van der Waals surface area contributed by atoms with Crippen LogP contribution in [0.1, 0.15) is 35.6 Å². The van der Waals surface area contributed by atoms with E-state index in [1.807, 2.05) is 35.2 Å². The molecule has 3 aliphatic heterocycles. The molecule has 3 amide bonds. The first-order chi connectivity index (χ1) is 18.5. The number of thioether (sulfide) groups is 1. The van der Waals surface area contributed by atoms with Crippen molar-refractivity contribution in [3.8, 4) is 5.75 Å². The van der Waals surface area contributed by atoms with E-state index in [0.717, 1.165) is 36.2 Å². The first kappa shape index (κ1) is 24.9. The molecule has 38 heavy (non-hydrogen) atoms. The molecule has 3 atom stereocenters. The van der Waals surface area contributed by atoms with Gasteiger partial charge in [-0.15, -0.1) is 0 Å². The number of carbonyl (C=O) groups is 3. The monoisotopic (exact) mass is 549 g/mol.